The van der Waals surface area contributed by atoms with Gasteiger partial charge in [0, 0.05) is 4.75 Å². The minimum Gasteiger partial charge on any atom is -0.496 e. The number of benzene rings is 1. The molecule has 7 heteroatoms. The number of nitro groups is 1. The van der Waals surface area contributed by atoms with Gasteiger partial charge in [-0.25, -0.2) is 0 Å². The lowest BCUT2D eigenvalue weighted by atomic mass is 9.56. The van der Waals surface area contributed by atoms with Gasteiger partial charge in [0.2, 0.25) is 5.91 Å². The van der Waals surface area contributed by atoms with Gasteiger partial charge in [-0.1, -0.05) is 0 Å². The topological polar surface area (TPSA) is 81.5 Å². The number of amides is 1. The molecule has 0 spiro atoms. The number of hydrogen-bond donors (Lipinski definition) is 1. The number of nitrogens with one attached hydrogen (secondary N) is 1. The zero-order valence-corrected chi connectivity index (χ0v) is 16.6. The Morgan fingerprint density at radius 2 is 1.85 bits per heavy atom. The maximum absolute atomic E-state index is 12.8. The third kappa shape index (κ3) is 3.66. The van der Waals surface area contributed by atoms with E-state index >= 15 is 0 Å². The number of carbonyl (C=O) groups is 1. The van der Waals surface area contributed by atoms with Crippen molar-refractivity contribution in [2.75, 3.05) is 12.4 Å². The molecule has 27 heavy (non-hydrogen) atoms. The average Bonchev–Trinajstić information content (AvgIpc) is 2.60. The first-order valence-corrected chi connectivity index (χ1v) is 10.6. The molecule has 1 atom stereocenters. The summed E-state index contributed by atoms with van der Waals surface area (Å²) in [6.07, 6.45) is 7.80. The summed E-state index contributed by atoms with van der Waals surface area (Å²) in [6, 6.07) is 4.50. The van der Waals surface area contributed by atoms with Crippen LogP contribution in [0.4, 0.5) is 11.4 Å². The maximum Gasteiger partial charge on any atom is 0.296 e. The standard InChI is InChI=1S/C20H26N2O4S/c1-12(27-20-9-13-5-14(10-20)7-15(6-13)11-20)19(23)21-17-4-3-16(26-2)8-18(17)22(24)25/h3-4,8,12-15H,5-7,9-11H2,1-2H3,(H,21,23)/t12-,13?,14?,15?,20?/m0/s1. The highest BCUT2D eigenvalue weighted by Gasteiger charge is 2.52. The van der Waals surface area contributed by atoms with E-state index < -0.39 is 4.92 Å². The van der Waals surface area contributed by atoms with Gasteiger partial charge < -0.3 is 10.1 Å². The summed E-state index contributed by atoms with van der Waals surface area (Å²) < 4.78 is 5.28. The lowest BCUT2D eigenvalue weighted by Crippen LogP contribution is -2.49. The van der Waals surface area contributed by atoms with E-state index in [9.17, 15) is 14.9 Å². The van der Waals surface area contributed by atoms with E-state index in [0.717, 1.165) is 17.8 Å². The second-order valence-electron chi connectivity index (χ2n) is 8.49. The van der Waals surface area contributed by atoms with Crippen LogP contribution in [0.5, 0.6) is 5.75 Å². The predicted molar refractivity (Wildman–Crippen MR) is 106 cm³/mol. The van der Waals surface area contributed by atoms with Gasteiger partial charge in [0.1, 0.15) is 11.4 Å². The molecule has 0 saturated heterocycles. The van der Waals surface area contributed by atoms with Gasteiger partial charge in [0.25, 0.3) is 5.69 Å². The van der Waals surface area contributed by atoms with Gasteiger partial charge in [0.15, 0.2) is 0 Å². The number of anilines is 1. The van der Waals surface area contributed by atoms with Crippen LogP contribution in [-0.4, -0.2) is 27.9 Å². The summed E-state index contributed by atoms with van der Waals surface area (Å²) in [5.74, 6) is 2.74. The second-order valence-corrected chi connectivity index (χ2v) is 10.3. The van der Waals surface area contributed by atoms with Gasteiger partial charge in [-0.05, 0) is 75.3 Å². The normalized spacial score (nSPS) is 32.1. The molecule has 0 aromatic heterocycles. The Bertz CT molecular complexity index is 731. The number of methoxy groups -OCH3 is 1. The maximum atomic E-state index is 12.8. The van der Waals surface area contributed by atoms with Crippen molar-refractivity contribution in [2.45, 2.75) is 55.4 Å². The lowest BCUT2D eigenvalue weighted by molar-refractivity contribution is -0.384. The molecule has 1 aromatic rings. The fourth-order valence-electron chi connectivity index (χ4n) is 5.73. The van der Waals surface area contributed by atoms with Gasteiger partial charge in [-0.3, -0.25) is 14.9 Å². The minimum atomic E-state index is -0.491. The molecule has 4 bridgehead atoms. The number of nitrogens with zero attached hydrogens (tertiary/aromatic N) is 1. The average molecular weight is 391 g/mol. The smallest absolute Gasteiger partial charge is 0.296 e. The zero-order chi connectivity index (χ0) is 19.2. The number of hydrogen-bond acceptors (Lipinski definition) is 5. The summed E-state index contributed by atoms with van der Waals surface area (Å²) in [6.45, 7) is 1.92. The van der Waals surface area contributed by atoms with Crippen LogP contribution in [0.25, 0.3) is 0 Å². The van der Waals surface area contributed by atoms with Crippen LogP contribution in [0.15, 0.2) is 18.2 Å². The van der Waals surface area contributed by atoms with Crippen molar-refractivity contribution in [1.29, 1.82) is 0 Å². The van der Waals surface area contributed by atoms with Crippen molar-refractivity contribution in [1.82, 2.24) is 0 Å². The Labute approximate surface area is 163 Å². The quantitative estimate of drug-likeness (QED) is 0.566. The van der Waals surface area contributed by atoms with Crippen molar-refractivity contribution in [3.63, 3.8) is 0 Å². The molecule has 1 amide bonds. The number of ether oxygens (including phenoxy) is 1. The van der Waals surface area contributed by atoms with Crippen molar-refractivity contribution >= 4 is 29.0 Å². The third-order valence-electron chi connectivity index (χ3n) is 6.44. The zero-order valence-electron chi connectivity index (χ0n) is 15.8. The van der Waals surface area contributed by atoms with Crippen LogP contribution >= 0.6 is 11.8 Å². The van der Waals surface area contributed by atoms with Crippen molar-refractivity contribution < 1.29 is 14.5 Å². The summed E-state index contributed by atoms with van der Waals surface area (Å²) in [5, 5.41) is 13.9. The molecule has 4 fully saturated rings. The predicted octanol–water partition coefficient (Wildman–Crippen LogP) is 4.63. The Hall–Kier alpha value is -1.76. The molecule has 1 N–H and O–H groups in total. The third-order valence-corrected chi connectivity index (χ3v) is 8.01. The molecule has 4 saturated carbocycles. The van der Waals surface area contributed by atoms with Crippen LogP contribution < -0.4 is 10.1 Å². The first-order chi connectivity index (χ1) is 12.9. The summed E-state index contributed by atoms with van der Waals surface area (Å²) >= 11 is 1.80. The molecule has 6 nitrogen and oxygen atoms in total. The monoisotopic (exact) mass is 390 g/mol. The Kier molecular flexibility index (Phi) is 4.82. The highest BCUT2D eigenvalue weighted by molar-refractivity contribution is 8.01. The van der Waals surface area contributed by atoms with Crippen LogP contribution in [0.1, 0.15) is 45.4 Å². The van der Waals surface area contributed by atoms with Crippen LogP contribution in [0.2, 0.25) is 0 Å². The summed E-state index contributed by atoms with van der Waals surface area (Å²) in [4.78, 5) is 23.6. The van der Waals surface area contributed by atoms with Crippen LogP contribution in [-0.2, 0) is 4.79 Å². The van der Waals surface area contributed by atoms with E-state index in [4.69, 9.17) is 4.74 Å². The first kappa shape index (κ1) is 18.6. The van der Waals surface area contributed by atoms with E-state index in [1.54, 1.807) is 17.8 Å². The van der Waals surface area contributed by atoms with Crippen molar-refractivity contribution in [3.05, 3.63) is 28.3 Å². The largest absolute Gasteiger partial charge is 0.496 e. The van der Waals surface area contributed by atoms with Gasteiger partial charge in [0.05, 0.1) is 23.3 Å². The van der Waals surface area contributed by atoms with E-state index in [1.807, 2.05) is 6.92 Å². The van der Waals surface area contributed by atoms with Crippen molar-refractivity contribution in [3.8, 4) is 5.75 Å². The van der Waals surface area contributed by atoms with Crippen molar-refractivity contribution in [2.24, 2.45) is 17.8 Å². The Morgan fingerprint density at radius 3 is 2.37 bits per heavy atom. The lowest BCUT2D eigenvalue weighted by Gasteiger charge is -2.57. The van der Waals surface area contributed by atoms with E-state index in [1.165, 1.54) is 57.8 Å². The van der Waals surface area contributed by atoms with Crippen LogP contribution in [0, 0.1) is 27.9 Å². The number of rotatable bonds is 6. The molecular weight excluding hydrogens is 364 g/mol. The first-order valence-electron chi connectivity index (χ1n) is 9.68. The van der Waals surface area contributed by atoms with Crippen LogP contribution in [0.3, 0.4) is 0 Å². The molecule has 0 unspecified atom stereocenters. The number of nitro benzene ring substituents is 1. The number of thioether (sulfide) groups is 1. The molecule has 0 radical (unpaired) electrons. The molecule has 4 aliphatic rings. The molecule has 1 aromatic carbocycles. The van der Waals surface area contributed by atoms with E-state index in [0.29, 0.717) is 5.75 Å². The van der Waals surface area contributed by atoms with E-state index in [2.05, 4.69) is 5.32 Å². The minimum absolute atomic E-state index is 0.144. The highest BCUT2D eigenvalue weighted by Crippen LogP contribution is 2.61. The van der Waals surface area contributed by atoms with Gasteiger partial charge in [-0.15, -0.1) is 11.8 Å². The van der Waals surface area contributed by atoms with E-state index in [-0.39, 0.29) is 27.3 Å². The summed E-state index contributed by atoms with van der Waals surface area (Å²) in [7, 11) is 1.46. The fourth-order valence-corrected chi connectivity index (χ4v) is 7.65. The molecular formula is C20H26N2O4S. The Balaban J connectivity index is 1.45. The molecule has 0 heterocycles. The highest BCUT2D eigenvalue weighted by atomic mass is 32.2. The van der Waals surface area contributed by atoms with Gasteiger partial charge in [-0.2, -0.15) is 0 Å². The Morgan fingerprint density at radius 1 is 1.26 bits per heavy atom. The van der Waals surface area contributed by atoms with Gasteiger partial charge >= 0.3 is 0 Å². The molecule has 0 aliphatic heterocycles. The summed E-state index contributed by atoms with van der Waals surface area (Å²) in [5.41, 5.74) is 0.0819. The molecule has 146 valence electrons. The fraction of sp³-hybridized carbons (Fsp3) is 0.650. The SMILES string of the molecule is COc1ccc(NC(=O)[C@H](C)SC23CC4CC(CC(C4)C2)C3)c([N+](=O)[O-])c1. The number of carbonyl (C=O) groups excluding carboxylic acids is 1. The molecule has 4 aliphatic carbocycles. The second kappa shape index (κ2) is 7.00. The molecule has 5 rings (SSSR count).